The van der Waals surface area contributed by atoms with Crippen LogP contribution in [0.2, 0.25) is 0 Å². The van der Waals surface area contributed by atoms with Crippen LogP contribution in [0.25, 0.3) is 0 Å². The van der Waals surface area contributed by atoms with E-state index in [4.69, 9.17) is 0 Å². The van der Waals surface area contributed by atoms with E-state index in [0.717, 1.165) is 32.2 Å². The molecule has 1 atom stereocenters. The molecule has 0 saturated heterocycles. The third-order valence-corrected chi connectivity index (χ3v) is 3.85. The number of aryl methyl sites for hydroxylation is 3. The van der Waals surface area contributed by atoms with Gasteiger partial charge in [0.2, 0.25) is 0 Å². The van der Waals surface area contributed by atoms with Gasteiger partial charge in [-0.15, -0.1) is 0 Å². The molecule has 0 radical (unpaired) electrons. The minimum Gasteiger partial charge on any atom is -0.508 e. The Balaban J connectivity index is 1.60. The number of hydrogen-bond donors (Lipinski definition) is 3. The number of aromatic amines is 1. The van der Waals surface area contributed by atoms with E-state index in [9.17, 15) is 5.11 Å². The van der Waals surface area contributed by atoms with E-state index in [1.807, 2.05) is 18.3 Å². The standard InChI is InChI=1S/C17H25N3O/c1-13(5-6-15-7-9-17(21)10-8-15)18-11-3-4-16-12-19-20-14(16)2/h7-10,12-13,18,21H,3-6,11H2,1-2H3,(H,19,20). The lowest BCUT2D eigenvalue weighted by atomic mass is 10.1. The fourth-order valence-corrected chi connectivity index (χ4v) is 2.40. The molecule has 0 saturated carbocycles. The number of benzene rings is 1. The molecule has 1 unspecified atom stereocenters. The van der Waals surface area contributed by atoms with Crippen molar-refractivity contribution in [3.05, 3.63) is 47.3 Å². The van der Waals surface area contributed by atoms with E-state index in [-0.39, 0.29) is 0 Å². The van der Waals surface area contributed by atoms with Gasteiger partial charge in [0.1, 0.15) is 5.75 Å². The Morgan fingerprint density at radius 2 is 2.00 bits per heavy atom. The second-order valence-electron chi connectivity index (χ2n) is 5.68. The van der Waals surface area contributed by atoms with Crippen molar-refractivity contribution in [1.82, 2.24) is 15.5 Å². The molecule has 0 spiro atoms. The molecule has 3 N–H and O–H groups in total. The molecule has 2 rings (SSSR count). The first-order chi connectivity index (χ1) is 10.1. The Morgan fingerprint density at radius 1 is 1.24 bits per heavy atom. The summed E-state index contributed by atoms with van der Waals surface area (Å²) in [5.74, 6) is 0.333. The van der Waals surface area contributed by atoms with E-state index in [1.165, 1.54) is 16.8 Å². The number of phenols is 1. The summed E-state index contributed by atoms with van der Waals surface area (Å²) in [4.78, 5) is 0. The number of hydrogen-bond acceptors (Lipinski definition) is 3. The van der Waals surface area contributed by atoms with Gasteiger partial charge in [0.15, 0.2) is 0 Å². The van der Waals surface area contributed by atoms with E-state index in [2.05, 4.69) is 29.4 Å². The lowest BCUT2D eigenvalue weighted by Crippen LogP contribution is -2.27. The van der Waals surface area contributed by atoms with Crippen molar-refractivity contribution in [3.63, 3.8) is 0 Å². The predicted molar refractivity (Wildman–Crippen MR) is 85.5 cm³/mol. The summed E-state index contributed by atoms with van der Waals surface area (Å²) in [5, 5.41) is 19.8. The highest BCUT2D eigenvalue weighted by Gasteiger charge is 2.03. The summed E-state index contributed by atoms with van der Waals surface area (Å²) >= 11 is 0. The van der Waals surface area contributed by atoms with Crippen LogP contribution in [-0.2, 0) is 12.8 Å². The van der Waals surface area contributed by atoms with Gasteiger partial charge in [0, 0.05) is 11.7 Å². The van der Waals surface area contributed by atoms with Gasteiger partial charge in [-0.2, -0.15) is 5.10 Å². The summed E-state index contributed by atoms with van der Waals surface area (Å²) < 4.78 is 0. The van der Waals surface area contributed by atoms with Gasteiger partial charge in [0.05, 0.1) is 6.20 Å². The first-order valence-electron chi connectivity index (χ1n) is 7.65. The number of nitrogens with zero attached hydrogens (tertiary/aromatic N) is 1. The molecule has 0 aliphatic carbocycles. The molecule has 1 aromatic carbocycles. The second kappa shape index (κ2) is 7.84. The van der Waals surface area contributed by atoms with Crippen molar-refractivity contribution in [2.24, 2.45) is 0 Å². The summed E-state index contributed by atoms with van der Waals surface area (Å²) in [6.07, 6.45) is 6.26. The maximum absolute atomic E-state index is 9.26. The zero-order valence-electron chi connectivity index (χ0n) is 12.9. The Morgan fingerprint density at radius 3 is 2.67 bits per heavy atom. The number of rotatable bonds is 8. The van der Waals surface area contributed by atoms with Gasteiger partial charge in [-0.1, -0.05) is 12.1 Å². The van der Waals surface area contributed by atoms with Crippen LogP contribution in [0.3, 0.4) is 0 Å². The van der Waals surface area contributed by atoms with Gasteiger partial charge in [0.25, 0.3) is 0 Å². The molecule has 0 aliphatic heterocycles. The van der Waals surface area contributed by atoms with Crippen molar-refractivity contribution >= 4 is 0 Å². The Hall–Kier alpha value is -1.81. The zero-order chi connectivity index (χ0) is 15.1. The highest BCUT2D eigenvalue weighted by atomic mass is 16.3. The zero-order valence-corrected chi connectivity index (χ0v) is 12.9. The Labute approximate surface area is 126 Å². The van der Waals surface area contributed by atoms with Crippen LogP contribution in [0.4, 0.5) is 0 Å². The predicted octanol–water partition coefficient (Wildman–Crippen LogP) is 2.97. The SMILES string of the molecule is Cc1[nH]ncc1CCCNC(C)CCc1ccc(O)cc1. The summed E-state index contributed by atoms with van der Waals surface area (Å²) in [5.41, 5.74) is 3.76. The van der Waals surface area contributed by atoms with Gasteiger partial charge in [-0.05, 0) is 69.3 Å². The molecule has 1 heterocycles. The topological polar surface area (TPSA) is 60.9 Å². The lowest BCUT2D eigenvalue weighted by Gasteiger charge is -2.13. The van der Waals surface area contributed by atoms with E-state index in [1.54, 1.807) is 12.1 Å². The summed E-state index contributed by atoms with van der Waals surface area (Å²) in [6.45, 7) is 5.32. The molecular weight excluding hydrogens is 262 g/mol. The summed E-state index contributed by atoms with van der Waals surface area (Å²) in [6, 6.07) is 7.98. The minimum atomic E-state index is 0.333. The summed E-state index contributed by atoms with van der Waals surface area (Å²) in [7, 11) is 0. The van der Waals surface area contributed by atoms with Crippen LogP contribution in [0, 0.1) is 6.92 Å². The van der Waals surface area contributed by atoms with Crippen molar-refractivity contribution in [2.45, 2.75) is 45.6 Å². The largest absolute Gasteiger partial charge is 0.508 e. The van der Waals surface area contributed by atoms with Crippen LogP contribution in [0.5, 0.6) is 5.75 Å². The van der Waals surface area contributed by atoms with E-state index >= 15 is 0 Å². The Bertz CT molecular complexity index is 533. The van der Waals surface area contributed by atoms with Crippen molar-refractivity contribution in [3.8, 4) is 5.75 Å². The number of phenolic OH excluding ortho intramolecular Hbond substituents is 1. The minimum absolute atomic E-state index is 0.333. The highest BCUT2D eigenvalue weighted by Crippen LogP contribution is 2.12. The van der Waals surface area contributed by atoms with Crippen LogP contribution in [-0.4, -0.2) is 27.9 Å². The highest BCUT2D eigenvalue weighted by molar-refractivity contribution is 5.25. The maximum atomic E-state index is 9.26. The van der Waals surface area contributed by atoms with Crippen molar-refractivity contribution in [2.75, 3.05) is 6.54 Å². The van der Waals surface area contributed by atoms with Crippen LogP contribution in [0.1, 0.15) is 36.6 Å². The average molecular weight is 287 g/mol. The normalized spacial score (nSPS) is 12.5. The molecule has 0 amide bonds. The van der Waals surface area contributed by atoms with E-state index < -0.39 is 0 Å². The number of aromatic nitrogens is 2. The van der Waals surface area contributed by atoms with Gasteiger partial charge >= 0.3 is 0 Å². The lowest BCUT2D eigenvalue weighted by molar-refractivity contribution is 0.474. The third-order valence-electron chi connectivity index (χ3n) is 3.85. The molecule has 114 valence electrons. The molecule has 1 aromatic heterocycles. The molecule has 0 fully saturated rings. The second-order valence-corrected chi connectivity index (χ2v) is 5.68. The maximum Gasteiger partial charge on any atom is 0.115 e. The van der Waals surface area contributed by atoms with Gasteiger partial charge < -0.3 is 10.4 Å². The smallest absolute Gasteiger partial charge is 0.115 e. The molecule has 0 bridgehead atoms. The fourth-order valence-electron chi connectivity index (χ4n) is 2.40. The molecule has 2 aromatic rings. The molecule has 4 heteroatoms. The first kappa shape index (κ1) is 15.6. The van der Waals surface area contributed by atoms with E-state index in [0.29, 0.717) is 11.8 Å². The number of aromatic hydroxyl groups is 1. The van der Waals surface area contributed by atoms with Crippen molar-refractivity contribution in [1.29, 1.82) is 0 Å². The van der Waals surface area contributed by atoms with Gasteiger partial charge in [-0.3, -0.25) is 5.10 Å². The molecule has 0 aliphatic rings. The van der Waals surface area contributed by atoms with Gasteiger partial charge in [-0.25, -0.2) is 0 Å². The van der Waals surface area contributed by atoms with Crippen LogP contribution >= 0.6 is 0 Å². The third kappa shape index (κ3) is 5.23. The first-order valence-corrected chi connectivity index (χ1v) is 7.65. The average Bonchev–Trinajstić information content (AvgIpc) is 2.88. The van der Waals surface area contributed by atoms with Crippen LogP contribution in [0.15, 0.2) is 30.5 Å². The van der Waals surface area contributed by atoms with Crippen LogP contribution < -0.4 is 5.32 Å². The van der Waals surface area contributed by atoms with Crippen molar-refractivity contribution < 1.29 is 5.11 Å². The monoisotopic (exact) mass is 287 g/mol. The molecule has 21 heavy (non-hydrogen) atoms. The molecular formula is C17H25N3O. The quantitative estimate of drug-likeness (QED) is 0.654. The Kier molecular flexibility index (Phi) is 5.81. The number of nitrogens with one attached hydrogen (secondary N) is 2. The molecule has 4 nitrogen and oxygen atoms in total. The fraction of sp³-hybridized carbons (Fsp3) is 0.471. The number of H-pyrrole nitrogens is 1.